The molecule has 0 aromatic heterocycles. The molecular weight excluding hydrogens is 388 g/mol. The van der Waals surface area contributed by atoms with Gasteiger partial charge in [0.05, 0.1) is 24.7 Å². The zero-order chi connectivity index (χ0) is 20.7. The molecule has 0 saturated heterocycles. The predicted octanol–water partition coefficient (Wildman–Crippen LogP) is 4.70. The summed E-state index contributed by atoms with van der Waals surface area (Å²) in [5.41, 5.74) is -0.0642. The number of nitrogens with zero attached hydrogens (tertiary/aromatic N) is 1. The molecule has 0 aliphatic heterocycles. The van der Waals surface area contributed by atoms with Crippen LogP contribution in [0.2, 0.25) is 5.02 Å². The normalized spacial score (nSPS) is 10.3. The van der Waals surface area contributed by atoms with Crippen molar-refractivity contribution >= 4 is 28.9 Å². The molecule has 0 radical (unpaired) electrons. The van der Waals surface area contributed by atoms with Gasteiger partial charge in [-0.25, -0.2) is 0 Å². The Morgan fingerprint density at radius 1 is 1.04 bits per heavy atom. The second kappa shape index (κ2) is 9.80. The number of amides is 1. The average Bonchev–Trinajstić information content (AvgIpc) is 2.65. The first-order chi connectivity index (χ1) is 13.4. The van der Waals surface area contributed by atoms with Gasteiger partial charge in [0.2, 0.25) is 5.75 Å². The maximum atomic E-state index is 12.7. The molecule has 8 nitrogen and oxygen atoms in total. The van der Waals surface area contributed by atoms with Crippen molar-refractivity contribution in [3.63, 3.8) is 0 Å². The Bertz CT molecular complexity index is 844. The summed E-state index contributed by atoms with van der Waals surface area (Å²) in [5.74, 6) is 0.549. The van der Waals surface area contributed by atoms with Crippen molar-refractivity contribution in [2.45, 2.75) is 20.8 Å². The molecule has 2 aromatic carbocycles. The monoisotopic (exact) mass is 408 g/mol. The number of rotatable bonds is 9. The van der Waals surface area contributed by atoms with Crippen LogP contribution in [0.3, 0.4) is 0 Å². The number of anilines is 1. The zero-order valence-corrected chi connectivity index (χ0v) is 16.5. The molecule has 2 aromatic rings. The van der Waals surface area contributed by atoms with Crippen LogP contribution in [0.4, 0.5) is 11.4 Å². The predicted molar refractivity (Wildman–Crippen MR) is 106 cm³/mol. The highest BCUT2D eigenvalue weighted by molar-refractivity contribution is 6.31. The molecule has 0 aliphatic rings. The van der Waals surface area contributed by atoms with Crippen molar-refractivity contribution < 1.29 is 23.9 Å². The number of hydrogen-bond acceptors (Lipinski definition) is 6. The third kappa shape index (κ3) is 5.04. The zero-order valence-electron chi connectivity index (χ0n) is 15.8. The van der Waals surface area contributed by atoms with E-state index in [-0.39, 0.29) is 22.0 Å². The van der Waals surface area contributed by atoms with E-state index in [2.05, 4.69) is 5.32 Å². The van der Waals surface area contributed by atoms with Crippen LogP contribution in [0.25, 0.3) is 0 Å². The van der Waals surface area contributed by atoms with Gasteiger partial charge in [0.15, 0.2) is 11.5 Å². The van der Waals surface area contributed by atoms with E-state index in [9.17, 15) is 14.9 Å². The Hall–Kier alpha value is -3.00. The highest BCUT2D eigenvalue weighted by Gasteiger charge is 2.21. The van der Waals surface area contributed by atoms with Gasteiger partial charge in [-0.15, -0.1) is 0 Å². The molecule has 0 fully saturated rings. The second-order valence-corrected chi connectivity index (χ2v) is 5.91. The van der Waals surface area contributed by atoms with Gasteiger partial charge >= 0.3 is 0 Å². The number of benzene rings is 2. The van der Waals surface area contributed by atoms with Crippen molar-refractivity contribution in [1.82, 2.24) is 0 Å². The van der Waals surface area contributed by atoms with E-state index in [4.69, 9.17) is 25.8 Å². The fraction of sp³-hybridized carbons (Fsp3) is 0.316. The Morgan fingerprint density at radius 3 is 2.11 bits per heavy atom. The van der Waals surface area contributed by atoms with Crippen LogP contribution < -0.4 is 19.5 Å². The van der Waals surface area contributed by atoms with Crippen molar-refractivity contribution in [1.29, 1.82) is 0 Å². The third-order valence-corrected chi connectivity index (χ3v) is 3.81. The average molecular weight is 409 g/mol. The van der Waals surface area contributed by atoms with Crippen molar-refractivity contribution in [3.8, 4) is 17.2 Å². The lowest BCUT2D eigenvalue weighted by atomic mass is 10.1. The fourth-order valence-corrected chi connectivity index (χ4v) is 2.64. The van der Waals surface area contributed by atoms with E-state index in [1.807, 2.05) is 6.92 Å². The molecule has 9 heteroatoms. The number of ether oxygens (including phenoxy) is 3. The largest absolute Gasteiger partial charge is 0.490 e. The summed E-state index contributed by atoms with van der Waals surface area (Å²) in [6, 6.07) is 7.02. The lowest BCUT2D eigenvalue weighted by Gasteiger charge is -2.17. The summed E-state index contributed by atoms with van der Waals surface area (Å²) >= 11 is 5.81. The molecule has 0 unspecified atom stereocenters. The molecule has 0 bridgehead atoms. The van der Waals surface area contributed by atoms with E-state index >= 15 is 0 Å². The second-order valence-electron chi connectivity index (χ2n) is 5.47. The summed E-state index contributed by atoms with van der Waals surface area (Å²) in [4.78, 5) is 23.3. The number of halogens is 1. The summed E-state index contributed by atoms with van der Waals surface area (Å²) < 4.78 is 16.8. The van der Waals surface area contributed by atoms with Gasteiger partial charge in [0.25, 0.3) is 11.6 Å². The SMILES string of the molecule is CCOc1cc(C(=O)Nc2ccc(Cl)cc2[N+](=O)[O-])cc(OCC)c1OCC. The van der Waals surface area contributed by atoms with Crippen LogP contribution in [0.1, 0.15) is 31.1 Å². The van der Waals surface area contributed by atoms with Gasteiger partial charge in [-0.2, -0.15) is 0 Å². The molecule has 0 atom stereocenters. The molecule has 0 aliphatic carbocycles. The van der Waals surface area contributed by atoms with E-state index in [1.165, 1.54) is 30.3 Å². The lowest BCUT2D eigenvalue weighted by molar-refractivity contribution is -0.383. The highest BCUT2D eigenvalue weighted by Crippen LogP contribution is 2.39. The van der Waals surface area contributed by atoms with Crippen LogP contribution in [0.5, 0.6) is 17.2 Å². The third-order valence-electron chi connectivity index (χ3n) is 3.58. The molecule has 0 spiro atoms. The lowest BCUT2D eigenvalue weighted by Crippen LogP contribution is -2.14. The van der Waals surface area contributed by atoms with Gasteiger partial charge in [0, 0.05) is 16.7 Å². The van der Waals surface area contributed by atoms with Crippen LogP contribution in [0, 0.1) is 10.1 Å². The van der Waals surface area contributed by atoms with Crippen LogP contribution in [-0.4, -0.2) is 30.7 Å². The minimum Gasteiger partial charge on any atom is -0.490 e. The number of nitro groups is 1. The van der Waals surface area contributed by atoms with Gasteiger partial charge in [-0.3, -0.25) is 14.9 Å². The molecular formula is C19H21ClN2O6. The Kier molecular flexibility index (Phi) is 7.45. The minimum atomic E-state index is -0.614. The summed E-state index contributed by atoms with van der Waals surface area (Å²) in [6.07, 6.45) is 0. The maximum absolute atomic E-state index is 12.7. The maximum Gasteiger partial charge on any atom is 0.294 e. The summed E-state index contributed by atoms with van der Waals surface area (Å²) in [6.45, 7) is 6.55. The Labute approximate surface area is 167 Å². The van der Waals surface area contributed by atoms with Gasteiger partial charge in [-0.1, -0.05) is 11.6 Å². The highest BCUT2D eigenvalue weighted by atomic mass is 35.5. The summed E-state index contributed by atoms with van der Waals surface area (Å²) in [7, 11) is 0. The molecule has 28 heavy (non-hydrogen) atoms. The van der Waals surface area contributed by atoms with Gasteiger partial charge in [-0.05, 0) is 45.0 Å². The van der Waals surface area contributed by atoms with Crippen LogP contribution in [0.15, 0.2) is 30.3 Å². The van der Waals surface area contributed by atoms with Crippen LogP contribution >= 0.6 is 11.6 Å². The first-order valence-electron chi connectivity index (χ1n) is 8.72. The number of carbonyl (C=O) groups is 1. The van der Waals surface area contributed by atoms with Crippen molar-refractivity contribution in [2.24, 2.45) is 0 Å². The first kappa shape index (κ1) is 21.3. The smallest absolute Gasteiger partial charge is 0.294 e. The number of hydrogen-bond donors (Lipinski definition) is 1. The number of carbonyl (C=O) groups excluding carboxylic acids is 1. The summed E-state index contributed by atoms with van der Waals surface area (Å²) in [5, 5.41) is 14.0. The Balaban J connectivity index is 2.44. The van der Waals surface area contributed by atoms with Crippen LogP contribution in [-0.2, 0) is 0 Å². The molecule has 150 valence electrons. The number of nitrogens with one attached hydrogen (secondary N) is 1. The standard InChI is InChI=1S/C19H21ClN2O6/c1-4-26-16-9-12(10-17(27-5-2)18(16)28-6-3)19(23)21-14-8-7-13(20)11-15(14)22(24)25/h7-11H,4-6H2,1-3H3,(H,21,23). The quantitative estimate of drug-likeness (QED) is 0.477. The Morgan fingerprint density at radius 2 is 1.61 bits per heavy atom. The van der Waals surface area contributed by atoms with E-state index < -0.39 is 10.8 Å². The molecule has 1 N–H and O–H groups in total. The molecule has 2 rings (SSSR count). The first-order valence-corrected chi connectivity index (χ1v) is 9.10. The molecule has 0 heterocycles. The molecule has 0 saturated carbocycles. The fourth-order valence-electron chi connectivity index (χ4n) is 2.48. The van der Waals surface area contributed by atoms with Crippen molar-refractivity contribution in [2.75, 3.05) is 25.1 Å². The topological polar surface area (TPSA) is 99.9 Å². The minimum absolute atomic E-state index is 0.0317. The number of nitro benzene ring substituents is 1. The van der Waals surface area contributed by atoms with E-state index in [0.717, 1.165) is 0 Å². The van der Waals surface area contributed by atoms with Gasteiger partial charge in [0.1, 0.15) is 5.69 Å². The van der Waals surface area contributed by atoms with E-state index in [1.54, 1.807) is 13.8 Å². The molecule has 1 amide bonds. The van der Waals surface area contributed by atoms with Crippen molar-refractivity contribution in [3.05, 3.63) is 51.0 Å². The van der Waals surface area contributed by atoms with E-state index in [0.29, 0.717) is 37.1 Å². The van der Waals surface area contributed by atoms with Gasteiger partial charge < -0.3 is 19.5 Å².